The molecule has 0 saturated carbocycles. The molecule has 27 heavy (non-hydrogen) atoms. The lowest BCUT2D eigenvalue weighted by Gasteiger charge is -2.12. The number of methoxy groups -OCH3 is 1. The van der Waals surface area contributed by atoms with Gasteiger partial charge in [-0.25, -0.2) is 0 Å². The minimum atomic E-state index is -0.532. The van der Waals surface area contributed by atoms with Crippen LogP contribution < -0.4 is 14.8 Å². The first-order valence-corrected chi connectivity index (χ1v) is 8.55. The molecule has 1 amide bonds. The Bertz CT molecular complexity index is 815. The summed E-state index contributed by atoms with van der Waals surface area (Å²) in [5, 5.41) is 13.6. The molecule has 3 rings (SSSR count). The molecular weight excluding hydrogens is 352 g/mol. The van der Waals surface area contributed by atoms with Crippen molar-refractivity contribution in [2.24, 2.45) is 0 Å². The first-order valence-electron chi connectivity index (χ1n) is 8.55. The van der Waals surface area contributed by atoms with E-state index in [1.165, 1.54) is 25.3 Å². The fourth-order valence-corrected chi connectivity index (χ4v) is 2.77. The molecule has 1 aliphatic heterocycles. The summed E-state index contributed by atoms with van der Waals surface area (Å²) in [6.45, 7) is 1.25. The zero-order valence-corrected chi connectivity index (χ0v) is 14.8. The molecule has 1 saturated heterocycles. The van der Waals surface area contributed by atoms with Crippen molar-refractivity contribution in [2.45, 2.75) is 18.9 Å². The second-order valence-electron chi connectivity index (χ2n) is 6.07. The number of amides is 1. The van der Waals surface area contributed by atoms with Gasteiger partial charge in [0, 0.05) is 24.3 Å². The van der Waals surface area contributed by atoms with Gasteiger partial charge < -0.3 is 19.5 Å². The van der Waals surface area contributed by atoms with Crippen molar-refractivity contribution in [1.82, 2.24) is 0 Å². The highest BCUT2D eigenvalue weighted by Crippen LogP contribution is 2.29. The number of anilines is 1. The lowest BCUT2D eigenvalue weighted by molar-refractivity contribution is -0.384. The highest BCUT2D eigenvalue weighted by atomic mass is 16.6. The van der Waals surface area contributed by atoms with Gasteiger partial charge >= 0.3 is 0 Å². The Labute approximate surface area is 156 Å². The molecule has 0 spiro atoms. The van der Waals surface area contributed by atoms with Gasteiger partial charge in [0.05, 0.1) is 23.8 Å². The maximum absolute atomic E-state index is 12.4. The van der Waals surface area contributed by atoms with Crippen LogP contribution in [0.1, 0.15) is 23.2 Å². The number of hydrogen-bond acceptors (Lipinski definition) is 6. The van der Waals surface area contributed by atoms with E-state index in [4.69, 9.17) is 14.2 Å². The van der Waals surface area contributed by atoms with Crippen LogP contribution in [0, 0.1) is 10.1 Å². The molecule has 8 nitrogen and oxygen atoms in total. The number of ether oxygens (including phenoxy) is 3. The number of nitrogens with zero attached hydrogens (tertiary/aromatic N) is 1. The van der Waals surface area contributed by atoms with Crippen molar-refractivity contribution in [2.75, 3.05) is 25.6 Å². The van der Waals surface area contributed by atoms with Gasteiger partial charge in [-0.05, 0) is 43.2 Å². The average Bonchev–Trinajstić information content (AvgIpc) is 3.20. The molecule has 1 atom stereocenters. The molecule has 0 bridgehead atoms. The van der Waals surface area contributed by atoms with E-state index < -0.39 is 10.8 Å². The number of nitro benzene ring substituents is 1. The summed E-state index contributed by atoms with van der Waals surface area (Å²) in [7, 11) is 1.43. The molecule has 2 aromatic rings. The lowest BCUT2D eigenvalue weighted by atomic mass is 10.2. The molecule has 0 aromatic heterocycles. The highest BCUT2D eigenvalue weighted by molar-refractivity contribution is 6.05. The van der Waals surface area contributed by atoms with Gasteiger partial charge in [-0.3, -0.25) is 14.9 Å². The summed E-state index contributed by atoms with van der Waals surface area (Å²) in [5.74, 6) is 0.583. The van der Waals surface area contributed by atoms with Gasteiger partial charge in [0.15, 0.2) is 0 Å². The van der Waals surface area contributed by atoms with E-state index >= 15 is 0 Å². The van der Waals surface area contributed by atoms with E-state index in [2.05, 4.69) is 5.32 Å². The summed E-state index contributed by atoms with van der Waals surface area (Å²) < 4.78 is 16.3. The van der Waals surface area contributed by atoms with Crippen molar-refractivity contribution >= 4 is 17.3 Å². The molecule has 142 valence electrons. The van der Waals surface area contributed by atoms with E-state index in [1.807, 2.05) is 0 Å². The fourth-order valence-electron chi connectivity index (χ4n) is 2.77. The van der Waals surface area contributed by atoms with Crippen LogP contribution in [-0.4, -0.2) is 37.3 Å². The maximum atomic E-state index is 12.4. The summed E-state index contributed by atoms with van der Waals surface area (Å²) in [4.78, 5) is 22.8. The Morgan fingerprint density at radius 3 is 2.70 bits per heavy atom. The van der Waals surface area contributed by atoms with E-state index in [0.29, 0.717) is 23.7 Å². The molecule has 8 heteroatoms. The zero-order chi connectivity index (χ0) is 19.2. The normalized spacial score (nSPS) is 16.0. The van der Waals surface area contributed by atoms with Gasteiger partial charge in [-0.1, -0.05) is 0 Å². The van der Waals surface area contributed by atoms with Crippen molar-refractivity contribution in [3.05, 3.63) is 58.1 Å². The first kappa shape index (κ1) is 18.7. The Kier molecular flexibility index (Phi) is 5.87. The Morgan fingerprint density at radius 2 is 2.07 bits per heavy atom. The van der Waals surface area contributed by atoms with Gasteiger partial charge in [-0.15, -0.1) is 0 Å². The number of non-ortho nitro benzene ring substituents is 1. The third-order valence-corrected chi connectivity index (χ3v) is 4.22. The van der Waals surface area contributed by atoms with Crippen LogP contribution in [0.3, 0.4) is 0 Å². The molecule has 2 aromatic carbocycles. The largest absolute Gasteiger partial charge is 0.495 e. The second-order valence-corrected chi connectivity index (χ2v) is 6.07. The number of carbonyl (C=O) groups is 1. The van der Waals surface area contributed by atoms with Crippen LogP contribution in [0.5, 0.6) is 11.5 Å². The first-order chi connectivity index (χ1) is 13.1. The van der Waals surface area contributed by atoms with Gasteiger partial charge in [-0.2, -0.15) is 0 Å². The van der Waals surface area contributed by atoms with Crippen molar-refractivity contribution in [1.29, 1.82) is 0 Å². The molecule has 0 radical (unpaired) electrons. The molecule has 1 aliphatic rings. The predicted molar refractivity (Wildman–Crippen MR) is 98.5 cm³/mol. The predicted octanol–water partition coefficient (Wildman–Crippen LogP) is 3.41. The SMILES string of the molecule is COc1ccc([N+](=O)[O-])cc1NC(=O)c1ccc(OCC2CCCO2)cc1. The highest BCUT2D eigenvalue weighted by Gasteiger charge is 2.17. The molecule has 1 heterocycles. The van der Waals surface area contributed by atoms with Crippen LogP contribution in [-0.2, 0) is 4.74 Å². The zero-order valence-electron chi connectivity index (χ0n) is 14.8. The van der Waals surface area contributed by atoms with Crippen LogP contribution >= 0.6 is 0 Å². The lowest BCUT2D eigenvalue weighted by Crippen LogP contribution is -2.16. The van der Waals surface area contributed by atoms with Crippen molar-refractivity contribution in [3.8, 4) is 11.5 Å². The Balaban J connectivity index is 1.65. The monoisotopic (exact) mass is 372 g/mol. The number of nitro groups is 1. The quantitative estimate of drug-likeness (QED) is 0.590. The molecule has 1 N–H and O–H groups in total. The molecule has 1 fully saturated rings. The van der Waals surface area contributed by atoms with Crippen LogP contribution in [0.2, 0.25) is 0 Å². The Hall–Kier alpha value is -3.13. The summed E-state index contributed by atoms with van der Waals surface area (Å²) in [6.07, 6.45) is 2.16. The number of benzene rings is 2. The smallest absolute Gasteiger partial charge is 0.271 e. The molecule has 0 aliphatic carbocycles. The van der Waals surface area contributed by atoms with E-state index in [0.717, 1.165) is 19.4 Å². The van der Waals surface area contributed by atoms with Gasteiger partial charge in [0.2, 0.25) is 0 Å². The van der Waals surface area contributed by atoms with E-state index in [-0.39, 0.29) is 17.5 Å². The Morgan fingerprint density at radius 1 is 1.30 bits per heavy atom. The van der Waals surface area contributed by atoms with Gasteiger partial charge in [0.25, 0.3) is 11.6 Å². The van der Waals surface area contributed by atoms with Crippen LogP contribution in [0.25, 0.3) is 0 Å². The van der Waals surface area contributed by atoms with E-state index in [9.17, 15) is 14.9 Å². The number of carbonyl (C=O) groups excluding carboxylic acids is 1. The third-order valence-electron chi connectivity index (χ3n) is 4.22. The number of rotatable bonds is 7. The van der Waals surface area contributed by atoms with Crippen molar-refractivity contribution in [3.63, 3.8) is 0 Å². The van der Waals surface area contributed by atoms with Crippen LogP contribution in [0.4, 0.5) is 11.4 Å². The molecule has 1 unspecified atom stereocenters. The minimum absolute atomic E-state index is 0.120. The minimum Gasteiger partial charge on any atom is -0.495 e. The maximum Gasteiger partial charge on any atom is 0.271 e. The summed E-state index contributed by atoms with van der Waals surface area (Å²) in [6, 6.07) is 10.7. The van der Waals surface area contributed by atoms with Gasteiger partial charge in [0.1, 0.15) is 18.1 Å². The summed E-state index contributed by atoms with van der Waals surface area (Å²) in [5.41, 5.74) is 0.493. The molecular formula is C19H20N2O6. The second kappa shape index (κ2) is 8.50. The fraction of sp³-hybridized carbons (Fsp3) is 0.316. The number of nitrogens with one attached hydrogen (secondary N) is 1. The standard InChI is InChI=1S/C19H20N2O6/c1-25-18-9-6-14(21(23)24)11-17(18)20-19(22)13-4-7-15(8-5-13)27-12-16-3-2-10-26-16/h4-9,11,16H,2-3,10,12H2,1H3,(H,20,22). The van der Waals surface area contributed by atoms with E-state index in [1.54, 1.807) is 24.3 Å². The summed E-state index contributed by atoms with van der Waals surface area (Å²) >= 11 is 0. The van der Waals surface area contributed by atoms with Crippen LogP contribution in [0.15, 0.2) is 42.5 Å². The average molecular weight is 372 g/mol. The third kappa shape index (κ3) is 4.73. The van der Waals surface area contributed by atoms with Crippen molar-refractivity contribution < 1.29 is 23.9 Å². The number of hydrogen-bond donors (Lipinski definition) is 1. The topological polar surface area (TPSA) is 99.9 Å².